The van der Waals surface area contributed by atoms with E-state index in [1.165, 1.54) is 25.8 Å². The van der Waals surface area contributed by atoms with E-state index in [9.17, 15) is 9.59 Å². The van der Waals surface area contributed by atoms with Crippen LogP contribution >= 0.6 is 0 Å². The van der Waals surface area contributed by atoms with Crippen LogP contribution in [0.2, 0.25) is 0 Å². The van der Waals surface area contributed by atoms with Gasteiger partial charge in [-0.05, 0) is 48.9 Å². The summed E-state index contributed by atoms with van der Waals surface area (Å²) in [7, 11) is 2.58. The molecule has 0 saturated carbocycles. The number of esters is 2. The van der Waals surface area contributed by atoms with Gasteiger partial charge in [0.2, 0.25) is 0 Å². The Bertz CT molecular complexity index is 944. The molecule has 0 amide bonds. The summed E-state index contributed by atoms with van der Waals surface area (Å²) in [6.07, 6.45) is 0.929. The van der Waals surface area contributed by atoms with E-state index in [-0.39, 0.29) is 11.1 Å². The monoisotopic (exact) mass is 393 g/mol. The highest BCUT2D eigenvalue weighted by molar-refractivity contribution is 5.97. The van der Waals surface area contributed by atoms with Gasteiger partial charge in [-0.1, -0.05) is 30.3 Å². The maximum atomic E-state index is 11.9. The second kappa shape index (κ2) is 9.71. The number of methoxy groups -OCH3 is 2. The fraction of sp³-hybridized carbons (Fsp3) is 0.217. The lowest BCUT2D eigenvalue weighted by Crippen LogP contribution is -2.16. The van der Waals surface area contributed by atoms with Crippen molar-refractivity contribution in [2.45, 2.75) is 13.0 Å². The molecule has 1 N–H and O–H groups in total. The van der Waals surface area contributed by atoms with Gasteiger partial charge >= 0.3 is 11.9 Å². The third-order valence-electron chi connectivity index (χ3n) is 4.45. The van der Waals surface area contributed by atoms with E-state index in [0.29, 0.717) is 17.9 Å². The first-order valence-corrected chi connectivity index (χ1v) is 9.26. The van der Waals surface area contributed by atoms with Gasteiger partial charge in [0.1, 0.15) is 11.5 Å². The Morgan fingerprint density at radius 3 is 2.17 bits per heavy atom. The predicted octanol–water partition coefficient (Wildman–Crippen LogP) is 3.85. The van der Waals surface area contributed by atoms with E-state index in [1.807, 2.05) is 30.3 Å². The van der Waals surface area contributed by atoms with E-state index >= 15 is 0 Å². The summed E-state index contributed by atoms with van der Waals surface area (Å²) in [4.78, 5) is 23.9. The number of hydrogen-bond donors (Lipinski definition) is 1. The first kappa shape index (κ1) is 20.4. The van der Waals surface area contributed by atoms with Crippen molar-refractivity contribution in [1.29, 1.82) is 0 Å². The SMILES string of the molecule is COC(=O)c1cc(C(=O)OC)cc(-c2ccc(CNCCc3ccccc3)o2)c1. The zero-order valence-corrected chi connectivity index (χ0v) is 16.4. The maximum absolute atomic E-state index is 11.9. The third kappa shape index (κ3) is 5.33. The minimum Gasteiger partial charge on any atom is -0.465 e. The van der Waals surface area contributed by atoms with Crippen LogP contribution in [0.1, 0.15) is 32.0 Å². The molecular formula is C23H23NO5. The normalized spacial score (nSPS) is 10.6. The van der Waals surface area contributed by atoms with Crippen LogP contribution < -0.4 is 5.32 Å². The molecule has 6 nitrogen and oxygen atoms in total. The van der Waals surface area contributed by atoms with Crippen molar-refractivity contribution >= 4 is 11.9 Å². The summed E-state index contributed by atoms with van der Waals surface area (Å²) in [5.74, 6) is 0.245. The van der Waals surface area contributed by atoms with Gasteiger partial charge in [-0.15, -0.1) is 0 Å². The molecule has 0 unspecified atom stereocenters. The summed E-state index contributed by atoms with van der Waals surface area (Å²) in [5.41, 5.74) is 2.38. The Hall–Kier alpha value is -3.38. The number of nitrogens with one attached hydrogen (secondary N) is 1. The smallest absolute Gasteiger partial charge is 0.337 e. The molecule has 1 aromatic heterocycles. The van der Waals surface area contributed by atoms with Crippen LogP contribution in [0.4, 0.5) is 0 Å². The highest BCUT2D eigenvalue weighted by atomic mass is 16.5. The van der Waals surface area contributed by atoms with Crippen molar-refractivity contribution < 1.29 is 23.5 Å². The van der Waals surface area contributed by atoms with Crippen molar-refractivity contribution in [2.75, 3.05) is 20.8 Å². The minimum absolute atomic E-state index is 0.254. The van der Waals surface area contributed by atoms with E-state index in [4.69, 9.17) is 13.9 Å². The van der Waals surface area contributed by atoms with Crippen LogP contribution in [0.15, 0.2) is 65.1 Å². The van der Waals surface area contributed by atoms with E-state index in [2.05, 4.69) is 17.4 Å². The minimum atomic E-state index is -0.536. The Kier molecular flexibility index (Phi) is 6.81. The van der Waals surface area contributed by atoms with Gasteiger partial charge in [0, 0.05) is 5.56 Å². The Morgan fingerprint density at radius 2 is 1.55 bits per heavy atom. The molecule has 0 saturated heterocycles. The lowest BCUT2D eigenvalue weighted by atomic mass is 10.0. The molecule has 0 aliphatic carbocycles. The Morgan fingerprint density at radius 1 is 0.897 bits per heavy atom. The maximum Gasteiger partial charge on any atom is 0.337 e. The molecule has 0 aliphatic heterocycles. The van der Waals surface area contributed by atoms with E-state index in [0.717, 1.165) is 18.7 Å². The molecule has 29 heavy (non-hydrogen) atoms. The summed E-state index contributed by atoms with van der Waals surface area (Å²) in [6.45, 7) is 1.40. The zero-order valence-electron chi connectivity index (χ0n) is 16.4. The van der Waals surface area contributed by atoms with Crippen LogP contribution in [0.25, 0.3) is 11.3 Å². The van der Waals surface area contributed by atoms with Crippen molar-refractivity contribution in [3.63, 3.8) is 0 Å². The number of furan rings is 1. The highest BCUT2D eigenvalue weighted by Crippen LogP contribution is 2.25. The summed E-state index contributed by atoms with van der Waals surface area (Å²) in [6, 6.07) is 18.6. The molecule has 0 fully saturated rings. The fourth-order valence-electron chi connectivity index (χ4n) is 2.96. The van der Waals surface area contributed by atoms with Crippen LogP contribution in [0, 0.1) is 0 Å². The van der Waals surface area contributed by atoms with Crippen LogP contribution in [0.3, 0.4) is 0 Å². The van der Waals surface area contributed by atoms with Crippen molar-refractivity contribution in [1.82, 2.24) is 5.32 Å². The molecule has 0 bridgehead atoms. The lowest BCUT2D eigenvalue weighted by Gasteiger charge is -2.07. The predicted molar refractivity (Wildman–Crippen MR) is 109 cm³/mol. The molecule has 1 heterocycles. The molecule has 3 rings (SSSR count). The van der Waals surface area contributed by atoms with Gasteiger partial charge in [-0.3, -0.25) is 0 Å². The third-order valence-corrected chi connectivity index (χ3v) is 4.45. The second-order valence-corrected chi connectivity index (χ2v) is 6.46. The summed E-state index contributed by atoms with van der Waals surface area (Å²) in [5, 5.41) is 3.35. The average Bonchev–Trinajstić information content (AvgIpc) is 3.25. The molecular weight excluding hydrogens is 370 g/mol. The van der Waals surface area contributed by atoms with Gasteiger partial charge in [0.25, 0.3) is 0 Å². The number of hydrogen-bond acceptors (Lipinski definition) is 6. The fourth-order valence-corrected chi connectivity index (χ4v) is 2.96. The summed E-state index contributed by atoms with van der Waals surface area (Å²) >= 11 is 0. The Balaban J connectivity index is 1.70. The molecule has 6 heteroatoms. The second-order valence-electron chi connectivity index (χ2n) is 6.46. The molecule has 2 aromatic carbocycles. The van der Waals surface area contributed by atoms with Gasteiger partial charge in [0.15, 0.2) is 0 Å². The molecule has 150 valence electrons. The Labute approximate surface area is 169 Å². The molecule has 0 radical (unpaired) electrons. The molecule has 3 aromatic rings. The largest absolute Gasteiger partial charge is 0.465 e. The number of carbonyl (C=O) groups excluding carboxylic acids is 2. The molecule has 0 atom stereocenters. The van der Waals surface area contributed by atoms with E-state index < -0.39 is 11.9 Å². The van der Waals surface area contributed by atoms with Gasteiger partial charge in [0.05, 0.1) is 31.9 Å². The van der Waals surface area contributed by atoms with Crippen LogP contribution in [-0.2, 0) is 22.4 Å². The quantitative estimate of drug-likeness (QED) is 0.463. The first-order valence-electron chi connectivity index (χ1n) is 9.26. The van der Waals surface area contributed by atoms with Crippen LogP contribution in [0.5, 0.6) is 0 Å². The van der Waals surface area contributed by atoms with Crippen molar-refractivity contribution in [3.05, 3.63) is 83.1 Å². The number of rotatable bonds is 8. The average molecular weight is 393 g/mol. The standard InChI is InChI=1S/C23H23NO5/c1-27-22(25)18-12-17(13-19(14-18)23(26)28-2)21-9-8-20(29-21)15-24-11-10-16-6-4-3-5-7-16/h3-9,12-14,24H,10-11,15H2,1-2H3. The number of benzene rings is 2. The van der Waals surface area contributed by atoms with Crippen molar-refractivity contribution in [3.8, 4) is 11.3 Å². The number of carbonyl (C=O) groups is 2. The molecule has 0 aliphatic rings. The summed E-state index contributed by atoms with van der Waals surface area (Å²) < 4.78 is 15.4. The van der Waals surface area contributed by atoms with E-state index in [1.54, 1.807) is 12.1 Å². The van der Waals surface area contributed by atoms with Gasteiger partial charge < -0.3 is 19.2 Å². The molecule has 0 spiro atoms. The lowest BCUT2D eigenvalue weighted by molar-refractivity contribution is 0.0599. The van der Waals surface area contributed by atoms with Crippen LogP contribution in [-0.4, -0.2) is 32.7 Å². The first-order chi connectivity index (χ1) is 14.1. The zero-order chi connectivity index (χ0) is 20.6. The number of ether oxygens (including phenoxy) is 2. The van der Waals surface area contributed by atoms with Crippen molar-refractivity contribution in [2.24, 2.45) is 0 Å². The van der Waals surface area contributed by atoms with Gasteiger partial charge in [-0.2, -0.15) is 0 Å². The topological polar surface area (TPSA) is 77.8 Å². The highest BCUT2D eigenvalue weighted by Gasteiger charge is 2.16. The van der Waals surface area contributed by atoms with Gasteiger partial charge in [-0.25, -0.2) is 9.59 Å².